The van der Waals surface area contributed by atoms with Gasteiger partial charge in [0, 0.05) is 43.6 Å². The summed E-state index contributed by atoms with van der Waals surface area (Å²) in [4.78, 5) is 28.2. The van der Waals surface area contributed by atoms with Crippen LogP contribution in [-0.4, -0.2) is 64.4 Å². The lowest BCUT2D eigenvalue weighted by atomic mass is 10.1. The number of hydrogen-bond acceptors (Lipinski definition) is 6. The molecule has 0 atom stereocenters. The first kappa shape index (κ1) is 20.3. The van der Waals surface area contributed by atoms with Gasteiger partial charge < -0.3 is 29.3 Å². The zero-order valence-electron chi connectivity index (χ0n) is 16.8. The summed E-state index contributed by atoms with van der Waals surface area (Å²) in [5, 5.41) is 2.90. The Bertz CT molecular complexity index is 878. The zero-order chi connectivity index (χ0) is 20.8. The number of rotatable bonds is 5. The second kappa shape index (κ2) is 9.18. The second-order valence-electron chi connectivity index (χ2n) is 6.52. The highest BCUT2D eigenvalue weighted by atomic mass is 16.5. The Morgan fingerprint density at radius 2 is 1.62 bits per heavy atom. The van der Waals surface area contributed by atoms with E-state index in [0.717, 1.165) is 5.69 Å². The molecule has 2 amide bonds. The maximum absolute atomic E-state index is 12.6. The fraction of sp³-hybridized carbons (Fsp3) is 0.333. The molecule has 154 valence electrons. The number of anilines is 2. The maximum atomic E-state index is 12.6. The van der Waals surface area contributed by atoms with Crippen molar-refractivity contribution >= 4 is 23.4 Å². The molecule has 1 aliphatic rings. The Kier molecular flexibility index (Phi) is 6.43. The quantitative estimate of drug-likeness (QED) is 0.779. The molecule has 1 saturated heterocycles. The van der Waals surface area contributed by atoms with Crippen LogP contribution in [0.3, 0.4) is 0 Å². The summed E-state index contributed by atoms with van der Waals surface area (Å²) in [6.07, 6.45) is 0. The standard InChI is InChI=1S/C21H25N3O5/c1-27-18-8-7-16(14-19(18)28-2)22-21(26)24-11-9-23(10-12-24)17-6-4-5-15(13-17)20(25)29-3/h4-8,13-14H,9-12H2,1-3H3,(H,22,26). The fourth-order valence-electron chi connectivity index (χ4n) is 3.23. The molecule has 0 aromatic heterocycles. The van der Waals surface area contributed by atoms with E-state index in [0.29, 0.717) is 48.9 Å². The van der Waals surface area contributed by atoms with Crippen molar-refractivity contribution in [1.29, 1.82) is 0 Å². The van der Waals surface area contributed by atoms with Crippen LogP contribution in [0, 0.1) is 0 Å². The van der Waals surface area contributed by atoms with Gasteiger partial charge in [-0.15, -0.1) is 0 Å². The molecule has 1 fully saturated rings. The van der Waals surface area contributed by atoms with Gasteiger partial charge in [-0.05, 0) is 30.3 Å². The molecule has 2 aromatic carbocycles. The Hall–Kier alpha value is -3.42. The highest BCUT2D eigenvalue weighted by molar-refractivity contribution is 5.91. The number of carbonyl (C=O) groups is 2. The van der Waals surface area contributed by atoms with E-state index in [9.17, 15) is 9.59 Å². The Morgan fingerprint density at radius 1 is 0.897 bits per heavy atom. The monoisotopic (exact) mass is 399 g/mol. The van der Waals surface area contributed by atoms with E-state index in [2.05, 4.69) is 10.2 Å². The predicted molar refractivity (Wildman–Crippen MR) is 110 cm³/mol. The Morgan fingerprint density at radius 3 is 2.28 bits per heavy atom. The van der Waals surface area contributed by atoms with E-state index < -0.39 is 0 Å². The molecular weight excluding hydrogens is 374 g/mol. The van der Waals surface area contributed by atoms with Gasteiger partial charge in [-0.3, -0.25) is 0 Å². The number of esters is 1. The second-order valence-corrected chi connectivity index (χ2v) is 6.52. The van der Waals surface area contributed by atoms with E-state index >= 15 is 0 Å². The summed E-state index contributed by atoms with van der Waals surface area (Å²) in [7, 11) is 4.49. The lowest BCUT2D eigenvalue weighted by molar-refractivity contribution is 0.0600. The van der Waals surface area contributed by atoms with E-state index in [1.807, 2.05) is 18.2 Å². The molecule has 0 spiro atoms. The van der Waals surface area contributed by atoms with Crippen molar-refractivity contribution in [2.75, 3.05) is 57.7 Å². The van der Waals surface area contributed by atoms with Crippen LogP contribution in [-0.2, 0) is 4.74 Å². The average Bonchev–Trinajstić information content (AvgIpc) is 2.78. The van der Waals surface area contributed by atoms with Crippen molar-refractivity contribution < 1.29 is 23.8 Å². The number of urea groups is 1. The van der Waals surface area contributed by atoms with Crippen LogP contribution >= 0.6 is 0 Å². The van der Waals surface area contributed by atoms with Crippen LogP contribution in [0.4, 0.5) is 16.2 Å². The van der Waals surface area contributed by atoms with Gasteiger partial charge in [0.2, 0.25) is 0 Å². The highest BCUT2D eigenvalue weighted by Crippen LogP contribution is 2.30. The van der Waals surface area contributed by atoms with Gasteiger partial charge in [0.1, 0.15) is 0 Å². The van der Waals surface area contributed by atoms with Crippen molar-refractivity contribution in [2.45, 2.75) is 0 Å². The number of methoxy groups -OCH3 is 3. The SMILES string of the molecule is COC(=O)c1cccc(N2CCN(C(=O)Nc3ccc(OC)c(OC)c3)CC2)c1. The number of carbonyl (C=O) groups excluding carboxylic acids is 2. The predicted octanol–water partition coefficient (Wildman–Crippen LogP) is 2.84. The molecule has 29 heavy (non-hydrogen) atoms. The summed E-state index contributed by atoms with van der Waals surface area (Å²) >= 11 is 0. The molecular formula is C21H25N3O5. The van der Waals surface area contributed by atoms with Crippen LogP contribution in [0.1, 0.15) is 10.4 Å². The molecule has 2 aromatic rings. The van der Waals surface area contributed by atoms with Crippen LogP contribution in [0.25, 0.3) is 0 Å². The molecule has 1 heterocycles. The molecule has 0 radical (unpaired) electrons. The van der Waals surface area contributed by atoms with Crippen molar-refractivity contribution in [3.8, 4) is 11.5 Å². The minimum atomic E-state index is -0.361. The van der Waals surface area contributed by atoms with Crippen molar-refractivity contribution in [2.24, 2.45) is 0 Å². The third-order valence-electron chi connectivity index (χ3n) is 4.83. The summed E-state index contributed by atoms with van der Waals surface area (Å²) in [5.74, 6) is 0.800. The fourth-order valence-corrected chi connectivity index (χ4v) is 3.23. The number of benzene rings is 2. The molecule has 1 aliphatic heterocycles. The zero-order valence-corrected chi connectivity index (χ0v) is 16.8. The number of hydrogen-bond donors (Lipinski definition) is 1. The highest BCUT2D eigenvalue weighted by Gasteiger charge is 2.22. The molecule has 0 aliphatic carbocycles. The lowest BCUT2D eigenvalue weighted by Crippen LogP contribution is -2.50. The maximum Gasteiger partial charge on any atom is 0.337 e. The Labute approximate surface area is 170 Å². The van der Waals surface area contributed by atoms with Crippen LogP contribution < -0.4 is 19.7 Å². The molecule has 1 N–H and O–H groups in total. The van der Waals surface area contributed by atoms with Crippen molar-refractivity contribution in [1.82, 2.24) is 4.90 Å². The lowest BCUT2D eigenvalue weighted by Gasteiger charge is -2.36. The van der Waals surface area contributed by atoms with E-state index in [-0.39, 0.29) is 12.0 Å². The third-order valence-corrected chi connectivity index (χ3v) is 4.83. The molecule has 0 unspecified atom stereocenters. The van der Waals surface area contributed by atoms with Gasteiger partial charge >= 0.3 is 12.0 Å². The van der Waals surface area contributed by atoms with Crippen LogP contribution in [0.2, 0.25) is 0 Å². The minimum absolute atomic E-state index is 0.166. The van der Waals surface area contributed by atoms with Gasteiger partial charge in [0.15, 0.2) is 11.5 Å². The molecule has 3 rings (SSSR count). The summed E-state index contributed by atoms with van der Waals surface area (Å²) in [5.41, 5.74) is 2.09. The number of nitrogens with one attached hydrogen (secondary N) is 1. The normalized spacial score (nSPS) is 13.6. The summed E-state index contributed by atoms with van der Waals surface area (Å²) in [6.45, 7) is 2.48. The largest absolute Gasteiger partial charge is 0.493 e. The molecule has 0 saturated carbocycles. The first-order chi connectivity index (χ1) is 14.0. The van der Waals surface area contributed by atoms with Crippen molar-refractivity contribution in [3.05, 3.63) is 48.0 Å². The molecule has 8 heteroatoms. The topological polar surface area (TPSA) is 80.3 Å². The Balaban J connectivity index is 1.59. The molecule has 0 bridgehead atoms. The molecule has 8 nitrogen and oxygen atoms in total. The number of ether oxygens (including phenoxy) is 3. The van der Waals surface area contributed by atoms with E-state index in [4.69, 9.17) is 14.2 Å². The van der Waals surface area contributed by atoms with Gasteiger partial charge in [-0.2, -0.15) is 0 Å². The smallest absolute Gasteiger partial charge is 0.337 e. The number of piperazine rings is 1. The van der Waals surface area contributed by atoms with Crippen molar-refractivity contribution in [3.63, 3.8) is 0 Å². The average molecular weight is 399 g/mol. The van der Waals surface area contributed by atoms with Crippen LogP contribution in [0.5, 0.6) is 11.5 Å². The van der Waals surface area contributed by atoms with Gasteiger partial charge in [-0.1, -0.05) is 6.07 Å². The first-order valence-electron chi connectivity index (χ1n) is 9.27. The van der Waals surface area contributed by atoms with Gasteiger partial charge in [-0.25, -0.2) is 9.59 Å². The van der Waals surface area contributed by atoms with E-state index in [1.165, 1.54) is 7.11 Å². The summed E-state index contributed by atoms with van der Waals surface area (Å²) in [6, 6.07) is 12.4. The minimum Gasteiger partial charge on any atom is -0.493 e. The van der Waals surface area contributed by atoms with Crippen LogP contribution in [0.15, 0.2) is 42.5 Å². The first-order valence-corrected chi connectivity index (χ1v) is 9.27. The van der Waals surface area contributed by atoms with Gasteiger partial charge in [0.25, 0.3) is 0 Å². The number of amides is 2. The summed E-state index contributed by atoms with van der Waals surface area (Å²) < 4.78 is 15.3. The van der Waals surface area contributed by atoms with E-state index in [1.54, 1.807) is 43.4 Å². The van der Waals surface area contributed by atoms with Gasteiger partial charge in [0.05, 0.1) is 26.9 Å². The third kappa shape index (κ3) is 4.71. The number of nitrogens with zero attached hydrogens (tertiary/aromatic N) is 2.